The summed E-state index contributed by atoms with van der Waals surface area (Å²) in [5.41, 5.74) is 2.43. The van der Waals surface area contributed by atoms with Crippen LogP contribution in [0.5, 0.6) is 0 Å². The van der Waals surface area contributed by atoms with Gasteiger partial charge in [-0.1, -0.05) is 23.7 Å². The highest BCUT2D eigenvalue weighted by atomic mass is 35.5. The molecule has 1 aliphatic heterocycles. The Balaban J connectivity index is 2.33. The SMILES string of the molecule is CC(C)(C)NCc1cccc(Cl)c1N1CCOCC1(C)C. The van der Waals surface area contributed by atoms with Gasteiger partial charge in [-0.2, -0.15) is 0 Å². The summed E-state index contributed by atoms with van der Waals surface area (Å²) in [6, 6.07) is 6.16. The normalized spacial score (nSPS) is 18.9. The molecule has 1 aromatic rings. The van der Waals surface area contributed by atoms with E-state index < -0.39 is 0 Å². The maximum absolute atomic E-state index is 6.53. The molecule has 1 fully saturated rings. The van der Waals surface area contributed by atoms with Crippen LogP contribution < -0.4 is 10.2 Å². The fraction of sp³-hybridized carbons (Fsp3) is 0.647. The highest BCUT2D eigenvalue weighted by molar-refractivity contribution is 6.33. The maximum Gasteiger partial charge on any atom is 0.0694 e. The zero-order valence-electron chi connectivity index (χ0n) is 13.8. The minimum absolute atomic E-state index is 0.0419. The zero-order chi connectivity index (χ0) is 15.7. The smallest absolute Gasteiger partial charge is 0.0694 e. The van der Waals surface area contributed by atoms with E-state index in [1.807, 2.05) is 12.1 Å². The summed E-state index contributed by atoms with van der Waals surface area (Å²) in [5, 5.41) is 4.37. The predicted octanol–water partition coefficient (Wildman–Crippen LogP) is 3.84. The van der Waals surface area contributed by atoms with Crippen LogP contribution >= 0.6 is 11.6 Å². The monoisotopic (exact) mass is 310 g/mol. The first-order chi connectivity index (χ1) is 9.71. The summed E-state index contributed by atoms with van der Waals surface area (Å²) in [5.74, 6) is 0. The Labute approximate surface area is 133 Å². The molecule has 1 saturated heterocycles. The van der Waals surface area contributed by atoms with Crippen molar-refractivity contribution in [3.63, 3.8) is 0 Å². The predicted molar refractivity (Wildman–Crippen MR) is 90.3 cm³/mol. The number of morpholine rings is 1. The van der Waals surface area contributed by atoms with Gasteiger partial charge in [0.05, 0.1) is 29.5 Å². The number of nitrogens with one attached hydrogen (secondary N) is 1. The third-order valence-corrected chi connectivity index (χ3v) is 4.10. The zero-order valence-corrected chi connectivity index (χ0v) is 14.5. The van der Waals surface area contributed by atoms with Gasteiger partial charge in [-0.15, -0.1) is 0 Å². The van der Waals surface area contributed by atoms with Crippen LogP contribution in [-0.4, -0.2) is 30.8 Å². The van der Waals surface area contributed by atoms with Crippen LogP contribution in [0.4, 0.5) is 5.69 Å². The van der Waals surface area contributed by atoms with Crippen LogP contribution in [0, 0.1) is 0 Å². The van der Waals surface area contributed by atoms with Gasteiger partial charge in [0.2, 0.25) is 0 Å². The lowest BCUT2D eigenvalue weighted by Crippen LogP contribution is -2.53. The number of benzene rings is 1. The lowest BCUT2D eigenvalue weighted by Gasteiger charge is -2.45. The Morgan fingerprint density at radius 1 is 1.33 bits per heavy atom. The Morgan fingerprint density at radius 3 is 2.67 bits per heavy atom. The summed E-state index contributed by atoms with van der Waals surface area (Å²) >= 11 is 6.53. The fourth-order valence-corrected chi connectivity index (χ4v) is 2.93. The lowest BCUT2D eigenvalue weighted by molar-refractivity contribution is 0.0643. The number of halogens is 1. The summed E-state index contributed by atoms with van der Waals surface area (Å²) in [6.07, 6.45) is 0. The molecule has 0 spiro atoms. The molecule has 4 heteroatoms. The van der Waals surface area contributed by atoms with E-state index in [9.17, 15) is 0 Å². The minimum Gasteiger partial charge on any atom is -0.377 e. The van der Waals surface area contributed by atoms with Crippen LogP contribution in [0.2, 0.25) is 5.02 Å². The van der Waals surface area contributed by atoms with Crippen LogP contribution in [0.1, 0.15) is 40.2 Å². The Kier molecular flexibility index (Phi) is 4.86. The molecule has 0 bridgehead atoms. The molecule has 21 heavy (non-hydrogen) atoms. The first-order valence-corrected chi connectivity index (χ1v) is 7.96. The van der Waals surface area contributed by atoms with Gasteiger partial charge in [-0.25, -0.2) is 0 Å². The third kappa shape index (κ3) is 4.12. The molecule has 0 saturated carbocycles. The third-order valence-electron chi connectivity index (χ3n) is 3.79. The van der Waals surface area contributed by atoms with E-state index in [-0.39, 0.29) is 11.1 Å². The van der Waals surface area contributed by atoms with Crippen molar-refractivity contribution in [3.05, 3.63) is 28.8 Å². The number of ether oxygens (including phenoxy) is 1. The summed E-state index contributed by atoms with van der Waals surface area (Å²) < 4.78 is 5.63. The molecule has 0 aliphatic carbocycles. The quantitative estimate of drug-likeness (QED) is 0.918. The lowest BCUT2D eigenvalue weighted by atomic mass is 9.99. The molecule has 2 rings (SSSR count). The van der Waals surface area contributed by atoms with Crippen molar-refractivity contribution in [2.24, 2.45) is 0 Å². The van der Waals surface area contributed by atoms with Gasteiger partial charge in [0.15, 0.2) is 0 Å². The molecule has 1 heterocycles. The van der Waals surface area contributed by atoms with E-state index >= 15 is 0 Å². The molecule has 118 valence electrons. The van der Waals surface area contributed by atoms with Gasteiger partial charge in [0.25, 0.3) is 0 Å². The minimum atomic E-state index is -0.0419. The van der Waals surface area contributed by atoms with Crippen LogP contribution in [0.15, 0.2) is 18.2 Å². The van der Waals surface area contributed by atoms with Crippen molar-refractivity contribution in [1.82, 2.24) is 5.32 Å². The Morgan fingerprint density at radius 2 is 2.05 bits per heavy atom. The fourth-order valence-electron chi connectivity index (χ4n) is 2.64. The van der Waals surface area contributed by atoms with Crippen molar-refractivity contribution >= 4 is 17.3 Å². The second-order valence-corrected chi connectivity index (χ2v) is 7.77. The van der Waals surface area contributed by atoms with Crippen LogP contribution in [-0.2, 0) is 11.3 Å². The van der Waals surface area contributed by atoms with Crippen molar-refractivity contribution in [3.8, 4) is 0 Å². The van der Waals surface area contributed by atoms with Crippen LogP contribution in [0.3, 0.4) is 0 Å². The average molecular weight is 311 g/mol. The molecule has 3 nitrogen and oxygen atoms in total. The maximum atomic E-state index is 6.53. The van der Waals surface area contributed by atoms with Crippen molar-refractivity contribution in [2.75, 3.05) is 24.7 Å². The van der Waals surface area contributed by atoms with Crippen LogP contribution in [0.25, 0.3) is 0 Å². The highest BCUT2D eigenvalue weighted by Gasteiger charge is 2.33. The van der Waals surface area contributed by atoms with E-state index in [0.717, 1.165) is 37.0 Å². The Hall–Kier alpha value is -0.770. The van der Waals surface area contributed by atoms with Gasteiger partial charge >= 0.3 is 0 Å². The summed E-state index contributed by atoms with van der Waals surface area (Å²) in [6.45, 7) is 14.1. The first-order valence-electron chi connectivity index (χ1n) is 7.58. The summed E-state index contributed by atoms with van der Waals surface area (Å²) in [7, 11) is 0. The van der Waals surface area contributed by atoms with E-state index in [0.29, 0.717) is 0 Å². The highest BCUT2D eigenvalue weighted by Crippen LogP contribution is 2.36. The van der Waals surface area contributed by atoms with Gasteiger partial charge in [-0.05, 0) is 46.2 Å². The average Bonchev–Trinajstić information content (AvgIpc) is 2.36. The molecule has 0 amide bonds. The topological polar surface area (TPSA) is 24.5 Å². The second kappa shape index (κ2) is 6.15. The van der Waals surface area contributed by atoms with E-state index in [2.05, 4.69) is 50.9 Å². The van der Waals surface area contributed by atoms with E-state index in [1.54, 1.807) is 0 Å². The molecule has 1 aromatic carbocycles. The molecule has 0 atom stereocenters. The number of rotatable bonds is 3. The van der Waals surface area contributed by atoms with Gasteiger partial charge in [0, 0.05) is 18.6 Å². The molecule has 1 N–H and O–H groups in total. The van der Waals surface area contributed by atoms with Crippen molar-refractivity contribution in [1.29, 1.82) is 0 Å². The van der Waals surface area contributed by atoms with Crippen molar-refractivity contribution < 1.29 is 4.74 Å². The molecular weight excluding hydrogens is 284 g/mol. The number of hydrogen-bond donors (Lipinski definition) is 1. The van der Waals surface area contributed by atoms with Crippen molar-refractivity contribution in [2.45, 2.75) is 52.2 Å². The Bertz CT molecular complexity index is 494. The first kappa shape index (κ1) is 16.6. The summed E-state index contributed by atoms with van der Waals surface area (Å²) in [4.78, 5) is 2.39. The number of anilines is 1. The molecule has 0 radical (unpaired) electrons. The van der Waals surface area contributed by atoms with E-state index in [4.69, 9.17) is 16.3 Å². The number of nitrogens with zero attached hydrogens (tertiary/aromatic N) is 1. The second-order valence-electron chi connectivity index (χ2n) is 7.37. The largest absolute Gasteiger partial charge is 0.377 e. The number of hydrogen-bond acceptors (Lipinski definition) is 3. The van der Waals surface area contributed by atoms with E-state index in [1.165, 1.54) is 5.56 Å². The van der Waals surface area contributed by atoms with Gasteiger partial charge < -0.3 is 15.0 Å². The molecular formula is C17H27ClN2O. The molecule has 1 aliphatic rings. The standard InChI is InChI=1S/C17H27ClN2O/c1-16(2,3)19-11-13-7-6-8-14(18)15(13)20-9-10-21-12-17(20,4)5/h6-8,19H,9-12H2,1-5H3. The van der Waals surface area contributed by atoms with Gasteiger partial charge in [0.1, 0.15) is 0 Å². The molecule has 0 aromatic heterocycles. The van der Waals surface area contributed by atoms with Gasteiger partial charge in [-0.3, -0.25) is 0 Å². The molecule has 0 unspecified atom stereocenters. The number of para-hydroxylation sites is 1.